The number of carbonyl (C=O) groups is 1. The Kier molecular flexibility index (Phi) is 3.26. The molecule has 0 aliphatic carbocycles. The van der Waals surface area contributed by atoms with Crippen LogP contribution in [-0.2, 0) is 21.2 Å². The molecule has 0 saturated carbocycles. The van der Waals surface area contributed by atoms with Crippen molar-refractivity contribution >= 4 is 38.6 Å². The van der Waals surface area contributed by atoms with Crippen LogP contribution < -0.4 is 9.62 Å². The molecule has 1 aromatic carbocycles. The van der Waals surface area contributed by atoms with Gasteiger partial charge in [0.2, 0.25) is 5.91 Å². The predicted molar refractivity (Wildman–Crippen MR) is 83.4 cm³/mol. The van der Waals surface area contributed by atoms with E-state index in [1.54, 1.807) is 42.3 Å². The SMILES string of the molecule is Cc1ccc(S(=O)(=O)Nc2ccc3c(c2)CC(=O)N3C)s1. The van der Waals surface area contributed by atoms with Crippen LogP contribution in [0.5, 0.6) is 0 Å². The highest BCUT2D eigenvalue weighted by Crippen LogP contribution is 2.31. The summed E-state index contributed by atoms with van der Waals surface area (Å²) >= 11 is 1.23. The molecule has 0 bridgehead atoms. The zero-order valence-corrected chi connectivity index (χ0v) is 13.2. The van der Waals surface area contributed by atoms with Gasteiger partial charge in [-0.2, -0.15) is 0 Å². The lowest BCUT2D eigenvalue weighted by Gasteiger charge is -2.11. The van der Waals surface area contributed by atoms with Crippen molar-refractivity contribution in [2.45, 2.75) is 17.6 Å². The minimum absolute atomic E-state index is 0.0129. The Hall–Kier alpha value is -1.86. The molecular formula is C14H14N2O3S2. The van der Waals surface area contributed by atoms with E-state index in [0.717, 1.165) is 16.1 Å². The van der Waals surface area contributed by atoms with Gasteiger partial charge in [0.15, 0.2) is 0 Å². The topological polar surface area (TPSA) is 66.5 Å². The number of benzene rings is 1. The van der Waals surface area contributed by atoms with Crippen LogP contribution in [0.4, 0.5) is 11.4 Å². The summed E-state index contributed by atoms with van der Waals surface area (Å²) in [5.74, 6) is 0.0129. The third-order valence-corrected chi connectivity index (χ3v) is 6.26. The normalized spacial score (nSPS) is 14.4. The molecule has 1 N–H and O–H groups in total. The van der Waals surface area contributed by atoms with Gasteiger partial charge in [-0.15, -0.1) is 11.3 Å². The Bertz CT molecular complexity index is 824. The number of hydrogen-bond donors (Lipinski definition) is 1. The number of likely N-dealkylation sites (N-methyl/N-ethyl adjacent to an activating group) is 1. The lowest BCUT2D eigenvalue weighted by molar-refractivity contribution is -0.117. The second kappa shape index (κ2) is 4.85. The maximum Gasteiger partial charge on any atom is 0.271 e. The molecule has 5 nitrogen and oxygen atoms in total. The van der Waals surface area contributed by atoms with Crippen LogP contribution in [0.2, 0.25) is 0 Å². The summed E-state index contributed by atoms with van der Waals surface area (Å²) in [5.41, 5.74) is 2.14. The molecule has 0 fully saturated rings. The average Bonchev–Trinajstić information content (AvgIpc) is 2.95. The fourth-order valence-corrected chi connectivity index (χ4v) is 4.63. The van der Waals surface area contributed by atoms with Crippen molar-refractivity contribution in [3.8, 4) is 0 Å². The number of fused-ring (bicyclic) bond motifs is 1. The molecule has 0 unspecified atom stereocenters. The number of rotatable bonds is 3. The van der Waals surface area contributed by atoms with Gasteiger partial charge < -0.3 is 4.90 Å². The van der Waals surface area contributed by atoms with Crippen molar-refractivity contribution in [3.63, 3.8) is 0 Å². The molecule has 1 amide bonds. The molecule has 1 aliphatic rings. The number of nitrogens with zero attached hydrogens (tertiary/aromatic N) is 1. The Morgan fingerprint density at radius 3 is 2.67 bits per heavy atom. The van der Waals surface area contributed by atoms with Crippen molar-refractivity contribution in [1.82, 2.24) is 0 Å². The smallest absolute Gasteiger partial charge is 0.271 e. The summed E-state index contributed by atoms with van der Waals surface area (Å²) in [7, 11) is -1.85. The number of anilines is 2. The number of nitrogens with one attached hydrogen (secondary N) is 1. The number of amides is 1. The summed E-state index contributed by atoms with van der Waals surface area (Å²) in [6.07, 6.45) is 0.305. The number of hydrogen-bond acceptors (Lipinski definition) is 4. The highest BCUT2D eigenvalue weighted by atomic mass is 32.2. The highest BCUT2D eigenvalue weighted by Gasteiger charge is 2.25. The molecule has 21 heavy (non-hydrogen) atoms. The van der Waals surface area contributed by atoms with Crippen LogP contribution in [0, 0.1) is 6.92 Å². The molecule has 0 atom stereocenters. The number of carbonyl (C=O) groups excluding carboxylic acids is 1. The molecule has 7 heteroatoms. The van der Waals surface area contributed by atoms with Crippen molar-refractivity contribution in [1.29, 1.82) is 0 Å². The first-order valence-electron chi connectivity index (χ1n) is 6.35. The lowest BCUT2D eigenvalue weighted by atomic mass is 10.1. The fraction of sp³-hybridized carbons (Fsp3) is 0.214. The average molecular weight is 322 g/mol. The van der Waals surface area contributed by atoms with E-state index in [-0.39, 0.29) is 10.1 Å². The predicted octanol–water partition coefficient (Wildman–Crippen LogP) is 2.38. The van der Waals surface area contributed by atoms with E-state index in [1.807, 2.05) is 6.92 Å². The highest BCUT2D eigenvalue weighted by molar-refractivity contribution is 7.94. The van der Waals surface area contributed by atoms with E-state index in [1.165, 1.54) is 11.3 Å². The Morgan fingerprint density at radius 2 is 2.00 bits per heavy atom. The number of sulfonamides is 1. The Morgan fingerprint density at radius 1 is 1.24 bits per heavy atom. The Balaban J connectivity index is 1.90. The van der Waals surface area contributed by atoms with Gasteiger partial charge in [-0.25, -0.2) is 8.42 Å². The minimum atomic E-state index is -3.57. The summed E-state index contributed by atoms with van der Waals surface area (Å²) in [6.45, 7) is 1.86. The summed E-state index contributed by atoms with van der Waals surface area (Å²) in [5, 5.41) is 0. The quantitative estimate of drug-likeness (QED) is 0.943. The van der Waals surface area contributed by atoms with Gasteiger partial charge in [-0.05, 0) is 42.8 Å². The molecule has 0 spiro atoms. The van der Waals surface area contributed by atoms with Gasteiger partial charge >= 0.3 is 0 Å². The first-order valence-corrected chi connectivity index (χ1v) is 8.65. The van der Waals surface area contributed by atoms with Crippen LogP contribution in [0.1, 0.15) is 10.4 Å². The first-order chi connectivity index (χ1) is 9.87. The van der Waals surface area contributed by atoms with E-state index in [4.69, 9.17) is 0 Å². The minimum Gasteiger partial charge on any atom is -0.315 e. The molecule has 110 valence electrons. The standard InChI is InChI=1S/C14H14N2O3S2/c1-9-3-6-14(20-9)21(18,19)15-11-4-5-12-10(7-11)8-13(17)16(12)2/h3-7,15H,8H2,1-2H3. The van der Waals surface area contributed by atoms with E-state index < -0.39 is 10.0 Å². The summed E-state index contributed by atoms with van der Waals surface area (Å²) in [4.78, 5) is 14.2. The van der Waals surface area contributed by atoms with Crippen LogP contribution in [0.25, 0.3) is 0 Å². The van der Waals surface area contributed by atoms with Crippen molar-refractivity contribution in [2.24, 2.45) is 0 Å². The van der Waals surface area contributed by atoms with Gasteiger partial charge in [0, 0.05) is 23.3 Å². The number of thiophene rings is 1. The molecule has 2 aromatic rings. The zero-order valence-electron chi connectivity index (χ0n) is 11.6. The second-order valence-electron chi connectivity index (χ2n) is 4.94. The largest absolute Gasteiger partial charge is 0.315 e. The molecule has 1 aliphatic heterocycles. The van der Waals surface area contributed by atoms with Crippen molar-refractivity contribution in [2.75, 3.05) is 16.7 Å². The molecule has 0 radical (unpaired) electrons. The third-order valence-electron chi connectivity index (χ3n) is 3.39. The van der Waals surface area contributed by atoms with Gasteiger partial charge in [-0.1, -0.05) is 0 Å². The third kappa shape index (κ3) is 2.54. The summed E-state index contributed by atoms with van der Waals surface area (Å²) in [6, 6.07) is 8.51. The second-order valence-corrected chi connectivity index (χ2v) is 8.14. The number of aryl methyl sites for hydroxylation is 1. The van der Waals surface area contributed by atoms with Gasteiger partial charge in [0.1, 0.15) is 4.21 Å². The molecule has 2 heterocycles. The van der Waals surface area contributed by atoms with E-state index in [2.05, 4.69) is 4.72 Å². The molecule has 1 aromatic heterocycles. The van der Waals surface area contributed by atoms with Crippen LogP contribution in [0.15, 0.2) is 34.5 Å². The van der Waals surface area contributed by atoms with Gasteiger partial charge in [0.25, 0.3) is 10.0 Å². The van der Waals surface area contributed by atoms with Crippen LogP contribution in [0.3, 0.4) is 0 Å². The van der Waals surface area contributed by atoms with Crippen molar-refractivity contribution in [3.05, 3.63) is 40.8 Å². The maximum absolute atomic E-state index is 12.3. The van der Waals surface area contributed by atoms with Crippen LogP contribution in [-0.4, -0.2) is 21.4 Å². The fourth-order valence-electron chi connectivity index (χ4n) is 2.30. The molecular weight excluding hydrogens is 308 g/mol. The first kappa shape index (κ1) is 14.1. The zero-order chi connectivity index (χ0) is 15.2. The monoisotopic (exact) mass is 322 g/mol. The van der Waals surface area contributed by atoms with Crippen LogP contribution >= 0.6 is 11.3 Å². The Labute approximate surface area is 127 Å². The van der Waals surface area contributed by atoms with Gasteiger partial charge in [0.05, 0.1) is 6.42 Å². The molecule has 3 rings (SSSR count). The lowest BCUT2D eigenvalue weighted by Crippen LogP contribution is -2.20. The maximum atomic E-state index is 12.3. The van der Waals surface area contributed by atoms with E-state index in [9.17, 15) is 13.2 Å². The van der Waals surface area contributed by atoms with E-state index in [0.29, 0.717) is 12.1 Å². The van der Waals surface area contributed by atoms with Gasteiger partial charge in [-0.3, -0.25) is 9.52 Å². The van der Waals surface area contributed by atoms with E-state index >= 15 is 0 Å². The molecule has 0 saturated heterocycles. The summed E-state index contributed by atoms with van der Waals surface area (Å²) < 4.78 is 27.4. The van der Waals surface area contributed by atoms with Crippen molar-refractivity contribution < 1.29 is 13.2 Å².